The van der Waals surface area contributed by atoms with Crippen LogP contribution in [0.4, 0.5) is 10.1 Å². The third-order valence-electron chi connectivity index (χ3n) is 7.18. The number of nitrogens with zero attached hydrogens (tertiary/aromatic N) is 2. The molecule has 0 saturated carbocycles. The minimum Gasteiger partial charge on any atom is -0.455 e. The number of hydrogen-bond donors (Lipinski definition) is 2. The monoisotopic (exact) mass is 552 g/mol. The average Bonchev–Trinajstić information content (AvgIpc) is 3.53. The maximum Gasteiger partial charge on any atom is 0.260 e. The number of nitrogens with one attached hydrogen (secondary N) is 2. The van der Waals surface area contributed by atoms with Crippen LogP contribution in [0.25, 0.3) is 66.4 Å². The zero-order chi connectivity index (χ0) is 27.8. The first kappa shape index (κ1) is 24.1. The molecule has 7 aromatic rings. The highest BCUT2D eigenvalue weighted by atomic mass is 32.2. The molecule has 3 aromatic carbocycles. The van der Waals surface area contributed by atoms with E-state index in [1.807, 2.05) is 42.5 Å². The zero-order valence-electron chi connectivity index (χ0n) is 21.3. The standard InChI is InChI=1S/C30H21FN4O4S/c1-35(40(2,37)38)26-15-27-20(28-29(39-27)18-11-10-17(31)13-24(18)34-30(28)36)14-19(26)22-8-5-9-23(33-22)25-12-16-6-3-4-7-21(16)32-25/h3-15,32H,1-2H3,(H,34,36). The minimum atomic E-state index is -3.66. The van der Waals surface area contributed by atoms with Crippen LogP contribution in [-0.2, 0) is 10.0 Å². The lowest BCUT2D eigenvalue weighted by Crippen LogP contribution is -2.25. The Hall–Kier alpha value is -4.96. The molecule has 0 bridgehead atoms. The number of fused-ring (bicyclic) bond motifs is 6. The van der Waals surface area contributed by atoms with Crippen LogP contribution in [0, 0.1) is 5.82 Å². The third kappa shape index (κ3) is 3.76. The summed E-state index contributed by atoms with van der Waals surface area (Å²) in [5.74, 6) is -0.487. The van der Waals surface area contributed by atoms with Crippen molar-refractivity contribution in [3.8, 4) is 22.6 Å². The van der Waals surface area contributed by atoms with Gasteiger partial charge in [-0.3, -0.25) is 9.10 Å². The van der Waals surface area contributed by atoms with Crippen molar-refractivity contribution in [3.63, 3.8) is 0 Å². The normalized spacial score (nSPS) is 12.2. The molecule has 0 saturated heterocycles. The molecular formula is C30H21FN4O4S. The first-order valence-electron chi connectivity index (χ1n) is 12.4. The fourth-order valence-corrected chi connectivity index (χ4v) is 5.65. The molecule has 0 spiro atoms. The molecule has 2 N–H and O–H groups in total. The Bertz CT molecular complexity index is 2290. The number of furan rings is 1. The summed E-state index contributed by atoms with van der Waals surface area (Å²) in [5.41, 5.74) is 4.27. The maximum absolute atomic E-state index is 13.9. The summed E-state index contributed by atoms with van der Waals surface area (Å²) in [7, 11) is -2.21. The van der Waals surface area contributed by atoms with E-state index >= 15 is 0 Å². The molecule has 4 heterocycles. The minimum absolute atomic E-state index is 0.288. The fourth-order valence-electron chi connectivity index (χ4n) is 5.14. The Kier molecular flexibility index (Phi) is 5.13. The van der Waals surface area contributed by atoms with E-state index in [1.54, 1.807) is 24.3 Å². The summed E-state index contributed by atoms with van der Waals surface area (Å²) in [6, 6.07) is 22.8. The summed E-state index contributed by atoms with van der Waals surface area (Å²) in [6.07, 6.45) is 1.11. The van der Waals surface area contributed by atoms with Crippen LogP contribution in [0.15, 0.2) is 88.1 Å². The SMILES string of the molecule is CN(c1cc2oc3c4ccc(F)cc4[nH]c(=O)c3c2cc1-c1cccc(-c2cc3ccccc3[nH]2)n1)S(C)(=O)=O. The molecule has 8 nitrogen and oxygen atoms in total. The summed E-state index contributed by atoms with van der Waals surface area (Å²) < 4.78 is 46.4. The summed E-state index contributed by atoms with van der Waals surface area (Å²) >= 11 is 0. The molecule has 0 aliphatic rings. The summed E-state index contributed by atoms with van der Waals surface area (Å²) in [4.78, 5) is 24.1. The second-order valence-electron chi connectivity index (χ2n) is 9.72. The topological polar surface area (TPSA) is 112 Å². The highest BCUT2D eigenvalue weighted by Crippen LogP contribution is 2.40. The van der Waals surface area contributed by atoms with Crippen LogP contribution in [0.1, 0.15) is 0 Å². The number of H-pyrrole nitrogens is 2. The Morgan fingerprint density at radius 3 is 2.48 bits per heavy atom. The number of aromatic nitrogens is 3. The summed E-state index contributed by atoms with van der Waals surface area (Å²) in [5, 5.41) is 2.35. The van der Waals surface area contributed by atoms with E-state index in [-0.39, 0.29) is 5.39 Å². The van der Waals surface area contributed by atoms with Crippen molar-refractivity contribution in [3.05, 3.63) is 95.0 Å². The number of rotatable bonds is 4. The number of anilines is 1. The largest absolute Gasteiger partial charge is 0.455 e. The van der Waals surface area contributed by atoms with E-state index in [9.17, 15) is 17.6 Å². The second-order valence-corrected chi connectivity index (χ2v) is 11.7. The lowest BCUT2D eigenvalue weighted by molar-refractivity contribution is 0.600. The number of aromatic amines is 2. The lowest BCUT2D eigenvalue weighted by atomic mass is 10.0. The fraction of sp³-hybridized carbons (Fsp3) is 0.0667. The average molecular weight is 553 g/mol. The van der Waals surface area contributed by atoms with Gasteiger partial charge in [-0.2, -0.15) is 0 Å². The molecule has 0 fully saturated rings. The van der Waals surface area contributed by atoms with Gasteiger partial charge in [0.25, 0.3) is 5.56 Å². The highest BCUT2D eigenvalue weighted by molar-refractivity contribution is 7.92. The van der Waals surface area contributed by atoms with E-state index in [0.29, 0.717) is 50.1 Å². The number of sulfonamides is 1. The highest BCUT2D eigenvalue weighted by Gasteiger charge is 2.23. The molecule has 0 aliphatic heterocycles. The van der Waals surface area contributed by atoms with Crippen LogP contribution in [0.2, 0.25) is 0 Å². The Morgan fingerprint density at radius 2 is 1.68 bits per heavy atom. The van der Waals surface area contributed by atoms with Gasteiger partial charge < -0.3 is 14.4 Å². The van der Waals surface area contributed by atoms with Gasteiger partial charge >= 0.3 is 0 Å². The van der Waals surface area contributed by atoms with Crippen LogP contribution in [-0.4, -0.2) is 36.7 Å². The van der Waals surface area contributed by atoms with Crippen molar-refractivity contribution in [2.75, 3.05) is 17.6 Å². The Balaban J connectivity index is 1.51. The van der Waals surface area contributed by atoms with Crippen molar-refractivity contribution >= 4 is 59.5 Å². The molecule has 198 valence electrons. The molecule has 0 unspecified atom stereocenters. The van der Waals surface area contributed by atoms with Gasteiger partial charge in [-0.05, 0) is 48.5 Å². The van der Waals surface area contributed by atoms with Crippen molar-refractivity contribution in [1.29, 1.82) is 0 Å². The first-order valence-corrected chi connectivity index (χ1v) is 14.2. The van der Waals surface area contributed by atoms with E-state index in [1.165, 1.54) is 19.2 Å². The van der Waals surface area contributed by atoms with Crippen molar-refractivity contribution in [1.82, 2.24) is 15.0 Å². The van der Waals surface area contributed by atoms with Crippen LogP contribution < -0.4 is 9.86 Å². The van der Waals surface area contributed by atoms with E-state index in [4.69, 9.17) is 9.40 Å². The van der Waals surface area contributed by atoms with Crippen LogP contribution >= 0.6 is 0 Å². The third-order valence-corrected chi connectivity index (χ3v) is 8.37. The van der Waals surface area contributed by atoms with Gasteiger partial charge in [0.2, 0.25) is 10.0 Å². The van der Waals surface area contributed by atoms with Gasteiger partial charge in [0.1, 0.15) is 17.0 Å². The second kappa shape index (κ2) is 8.52. The quantitative estimate of drug-likeness (QED) is 0.271. The molecule has 0 amide bonds. The Labute approximate surface area is 226 Å². The molecule has 0 atom stereocenters. The van der Waals surface area contributed by atoms with E-state index in [2.05, 4.69) is 9.97 Å². The van der Waals surface area contributed by atoms with Gasteiger partial charge in [-0.1, -0.05) is 24.3 Å². The predicted molar refractivity (Wildman–Crippen MR) is 156 cm³/mol. The number of halogens is 1. The van der Waals surface area contributed by atoms with E-state index in [0.717, 1.165) is 27.2 Å². The molecule has 4 aromatic heterocycles. The van der Waals surface area contributed by atoms with Crippen LogP contribution in [0.5, 0.6) is 0 Å². The zero-order valence-corrected chi connectivity index (χ0v) is 22.1. The summed E-state index contributed by atoms with van der Waals surface area (Å²) in [6.45, 7) is 0. The van der Waals surface area contributed by atoms with Gasteiger partial charge in [-0.25, -0.2) is 17.8 Å². The van der Waals surface area contributed by atoms with Crippen molar-refractivity contribution in [2.45, 2.75) is 0 Å². The number of hydrogen-bond acceptors (Lipinski definition) is 5. The smallest absolute Gasteiger partial charge is 0.260 e. The first-order chi connectivity index (χ1) is 19.2. The molecular weight excluding hydrogens is 531 g/mol. The maximum atomic E-state index is 13.9. The van der Waals surface area contributed by atoms with Gasteiger partial charge in [-0.15, -0.1) is 0 Å². The predicted octanol–water partition coefficient (Wildman–Crippen LogP) is 6.17. The van der Waals surface area contributed by atoms with Gasteiger partial charge in [0.05, 0.1) is 39.9 Å². The molecule has 10 heteroatoms. The van der Waals surface area contributed by atoms with Crippen molar-refractivity contribution in [2.24, 2.45) is 0 Å². The van der Waals surface area contributed by atoms with Crippen molar-refractivity contribution < 1.29 is 17.2 Å². The number of benzene rings is 3. The molecule has 0 radical (unpaired) electrons. The van der Waals surface area contributed by atoms with E-state index < -0.39 is 21.4 Å². The molecule has 40 heavy (non-hydrogen) atoms. The van der Waals surface area contributed by atoms with Crippen LogP contribution in [0.3, 0.4) is 0 Å². The van der Waals surface area contributed by atoms with Gasteiger partial charge in [0, 0.05) is 40.4 Å². The number of para-hydroxylation sites is 1. The molecule has 0 aliphatic carbocycles. The number of pyridine rings is 2. The van der Waals surface area contributed by atoms with Gasteiger partial charge in [0.15, 0.2) is 0 Å². The lowest BCUT2D eigenvalue weighted by Gasteiger charge is -2.20. The Morgan fingerprint density at radius 1 is 0.875 bits per heavy atom. The molecule has 7 rings (SSSR count).